The smallest absolute Gasteiger partial charge is 0.327 e. The Morgan fingerprint density at radius 1 is 1.78 bits per heavy atom. The van der Waals surface area contributed by atoms with Gasteiger partial charge in [-0.2, -0.15) is 0 Å². The van der Waals surface area contributed by atoms with Crippen LogP contribution in [0, 0.1) is 0 Å². The minimum Gasteiger partial charge on any atom is -0.478 e. The lowest BCUT2D eigenvalue weighted by Crippen LogP contribution is -1.92. The number of hydrogen-bond donors (Lipinski definition) is 3. The Kier molecular flexibility index (Phi) is 12.4. The lowest BCUT2D eigenvalue weighted by atomic mass is 10.5. The maximum Gasteiger partial charge on any atom is 0.327 e. The SMILES string of the molecule is CC=CC(=O)O.NCO. The minimum absolute atomic E-state index is 0.250. The molecule has 0 aromatic rings. The summed E-state index contributed by atoms with van der Waals surface area (Å²) in [4.78, 5) is 9.51. The van der Waals surface area contributed by atoms with Gasteiger partial charge >= 0.3 is 5.97 Å². The van der Waals surface area contributed by atoms with E-state index in [1.54, 1.807) is 6.92 Å². The van der Waals surface area contributed by atoms with E-state index in [1.165, 1.54) is 6.08 Å². The highest BCUT2D eigenvalue weighted by atomic mass is 16.4. The van der Waals surface area contributed by atoms with Gasteiger partial charge in [-0.3, -0.25) is 0 Å². The van der Waals surface area contributed by atoms with Crippen LogP contribution >= 0.6 is 0 Å². The van der Waals surface area contributed by atoms with Gasteiger partial charge in [0.2, 0.25) is 0 Å². The Bertz CT molecular complexity index is 90.2. The number of allylic oxidation sites excluding steroid dienone is 1. The molecule has 0 bridgehead atoms. The summed E-state index contributed by atoms with van der Waals surface area (Å²) in [6, 6.07) is 0. The molecule has 0 saturated carbocycles. The van der Waals surface area contributed by atoms with E-state index in [0.717, 1.165) is 6.08 Å². The van der Waals surface area contributed by atoms with Crippen LogP contribution in [0.5, 0.6) is 0 Å². The van der Waals surface area contributed by atoms with Gasteiger partial charge in [0.25, 0.3) is 0 Å². The molecule has 4 N–H and O–H groups in total. The number of aliphatic hydroxyl groups is 1. The van der Waals surface area contributed by atoms with Gasteiger partial charge in [0.05, 0.1) is 6.73 Å². The molecule has 0 rings (SSSR count). The zero-order valence-electron chi connectivity index (χ0n) is 5.24. The number of nitrogens with two attached hydrogens (primary N) is 1. The first kappa shape index (κ1) is 11.0. The molecule has 0 heterocycles. The summed E-state index contributed by atoms with van der Waals surface area (Å²) in [6.45, 7) is 1.41. The standard InChI is InChI=1S/C4H6O2.CH5NO/c1-2-3-4(5)6;2-1-3/h2-3H,1H3,(H,5,6);3H,1-2H2. The predicted octanol–water partition coefficient (Wildman–Crippen LogP) is -0.458. The number of hydrogen-bond acceptors (Lipinski definition) is 3. The molecule has 0 radical (unpaired) electrons. The van der Waals surface area contributed by atoms with E-state index in [0.29, 0.717) is 0 Å². The zero-order valence-corrected chi connectivity index (χ0v) is 5.24. The third-order valence-corrected chi connectivity index (χ3v) is 0.309. The predicted molar refractivity (Wildman–Crippen MR) is 33.7 cm³/mol. The first-order valence-electron chi connectivity index (χ1n) is 2.35. The van der Waals surface area contributed by atoms with Crippen LogP contribution in [-0.4, -0.2) is 22.9 Å². The number of carbonyl (C=O) groups is 1. The van der Waals surface area contributed by atoms with Crippen molar-refractivity contribution in [2.75, 3.05) is 6.73 Å². The van der Waals surface area contributed by atoms with Crippen molar-refractivity contribution >= 4 is 5.97 Å². The van der Waals surface area contributed by atoms with Gasteiger partial charge in [0.15, 0.2) is 0 Å². The summed E-state index contributed by atoms with van der Waals surface area (Å²) in [6.07, 6.45) is 2.56. The lowest BCUT2D eigenvalue weighted by Gasteiger charge is -1.68. The van der Waals surface area contributed by atoms with Crippen molar-refractivity contribution in [1.82, 2.24) is 0 Å². The van der Waals surface area contributed by atoms with Crippen molar-refractivity contribution in [1.29, 1.82) is 0 Å². The Balaban J connectivity index is 0. The monoisotopic (exact) mass is 133 g/mol. The second kappa shape index (κ2) is 10.2. The molecule has 0 aliphatic carbocycles. The summed E-state index contributed by atoms with van der Waals surface area (Å²) in [7, 11) is 0. The Labute approximate surface area is 53.6 Å². The van der Waals surface area contributed by atoms with Gasteiger partial charge in [0, 0.05) is 6.08 Å². The first-order valence-corrected chi connectivity index (χ1v) is 2.35. The number of aliphatic carboxylic acids is 1. The number of carboxylic acids is 1. The highest BCUT2D eigenvalue weighted by molar-refractivity contribution is 5.79. The van der Waals surface area contributed by atoms with Gasteiger partial charge < -0.3 is 15.9 Å². The van der Waals surface area contributed by atoms with Crippen LogP contribution in [0.2, 0.25) is 0 Å². The molecule has 0 fully saturated rings. The van der Waals surface area contributed by atoms with Crippen LogP contribution in [0.1, 0.15) is 6.92 Å². The molecule has 4 heteroatoms. The van der Waals surface area contributed by atoms with Gasteiger partial charge in [-0.25, -0.2) is 4.79 Å². The van der Waals surface area contributed by atoms with E-state index < -0.39 is 5.97 Å². The first-order chi connectivity index (χ1) is 4.18. The average Bonchev–Trinajstić information content (AvgIpc) is 1.67. The largest absolute Gasteiger partial charge is 0.478 e. The van der Waals surface area contributed by atoms with Crippen molar-refractivity contribution in [2.45, 2.75) is 6.92 Å². The summed E-state index contributed by atoms with van der Waals surface area (Å²) in [5.74, 6) is -0.891. The van der Waals surface area contributed by atoms with Gasteiger partial charge in [-0.1, -0.05) is 6.08 Å². The van der Waals surface area contributed by atoms with Gasteiger partial charge in [-0.05, 0) is 6.92 Å². The quantitative estimate of drug-likeness (QED) is 0.334. The fourth-order valence-electron chi connectivity index (χ4n) is 0.143. The maximum atomic E-state index is 9.51. The highest BCUT2D eigenvalue weighted by Gasteiger charge is 1.76. The fraction of sp³-hybridized carbons (Fsp3) is 0.400. The molecular formula is C5H11NO3. The molecule has 9 heavy (non-hydrogen) atoms. The van der Waals surface area contributed by atoms with Crippen LogP contribution in [-0.2, 0) is 4.79 Å². The van der Waals surface area contributed by atoms with Crippen molar-refractivity contribution in [3.05, 3.63) is 12.2 Å². The Morgan fingerprint density at radius 2 is 2.11 bits per heavy atom. The minimum atomic E-state index is -0.891. The van der Waals surface area contributed by atoms with Crippen molar-refractivity contribution < 1.29 is 15.0 Å². The van der Waals surface area contributed by atoms with Crippen molar-refractivity contribution in [3.8, 4) is 0 Å². The summed E-state index contributed by atoms with van der Waals surface area (Å²) in [5, 5.41) is 15.2. The van der Waals surface area contributed by atoms with Crippen LogP contribution in [0.3, 0.4) is 0 Å². The third-order valence-electron chi connectivity index (χ3n) is 0.309. The second-order valence-corrected chi connectivity index (χ2v) is 1.02. The molecule has 0 saturated heterocycles. The van der Waals surface area contributed by atoms with E-state index in [1.807, 2.05) is 0 Å². The second-order valence-electron chi connectivity index (χ2n) is 1.02. The summed E-state index contributed by atoms with van der Waals surface area (Å²) < 4.78 is 0. The molecule has 0 amide bonds. The normalized spacial score (nSPS) is 8.33. The van der Waals surface area contributed by atoms with Gasteiger partial charge in [-0.15, -0.1) is 0 Å². The zero-order chi connectivity index (χ0) is 7.70. The molecule has 0 aliphatic rings. The molecule has 0 spiro atoms. The third kappa shape index (κ3) is 41.4. The van der Waals surface area contributed by atoms with Gasteiger partial charge in [0.1, 0.15) is 0 Å². The van der Waals surface area contributed by atoms with Crippen molar-refractivity contribution in [2.24, 2.45) is 5.73 Å². The highest BCUT2D eigenvalue weighted by Crippen LogP contribution is 1.65. The topological polar surface area (TPSA) is 83.5 Å². The van der Waals surface area contributed by atoms with E-state index >= 15 is 0 Å². The molecule has 4 nitrogen and oxygen atoms in total. The molecule has 0 aromatic heterocycles. The number of rotatable bonds is 1. The molecule has 0 unspecified atom stereocenters. The molecule has 54 valence electrons. The fourth-order valence-corrected chi connectivity index (χ4v) is 0.143. The van der Waals surface area contributed by atoms with Crippen molar-refractivity contribution in [3.63, 3.8) is 0 Å². The summed E-state index contributed by atoms with van der Waals surface area (Å²) >= 11 is 0. The van der Waals surface area contributed by atoms with Crippen LogP contribution < -0.4 is 5.73 Å². The average molecular weight is 133 g/mol. The Morgan fingerprint density at radius 3 is 2.11 bits per heavy atom. The lowest BCUT2D eigenvalue weighted by molar-refractivity contribution is -0.131. The van der Waals surface area contributed by atoms with E-state index in [2.05, 4.69) is 5.73 Å². The Hall–Kier alpha value is -0.870. The maximum absolute atomic E-state index is 9.51. The van der Waals surface area contributed by atoms with E-state index in [4.69, 9.17) is 10.2 Å². The molecule has 0 atom stereocenters. The number of carboxylic acid groups (broad SMARTS) is 1. The van der Waals surface area contributed by atoms with E-state index in [-0.39, 0.29) is 6.73 Å². The molecular weight excluding hydrogens is 122 g/mol. The summed E-state index contributed by atoms with van der Waals surface area (Å²) in [5.41, 5.74) is 4.40. The van der Waals surface area contributed by atoms with Crippen LogP contribution in [0.4, 0.5) is 0 Å². The van der Waals surface area contributed by atoms with Crippen LogP contribution in [0.25, 0.3) is 0 Å². The van der Waals surface area contributed by atoms with Crippen LogP contribution in [0.15, 0.2) is 12.2 Å². The number of aliphatic hydroxyl groups excluding tert-OH is 1. The molecule has 0 aliphatic heterocycles. The van der Waals surface area contributed by atoms with E-state index in [9.17, 15) is 4.79 Å². The molecule has 0 aromatic carbocycles.